The van der Waals surface area contributed by atoms with Crippen molar-refractivity contribution < 1.29 is 3.76 Å². The molecule has 0 aromatic heterocycles. The second-order valence-corrected chi connectivity index (χ2v) is 8.03. The molecular weight excluding hydrogens is 221 g/mol. The van der Waals surface area contributed by atoms with E-state index in [1.54, 1.807) is 32.1 Å². The van der Waals surface area contributed by atoms with Crippen LogP contribution in [0.15, 0.2) is 0 Å². The van der Waals surface area contributed by atoms with E-state index in [2.05, 4.69) is 0 Å². The molecule has 1 nitrogen and oxygen atoms in total. The Kier molecular flexibility index (Phi) is 2.21. The van der Waals surface area contributed by atoms with Crippen molar-refractivity contribution in [3.05, 3.63) is 0 Å². The topological polar surface area (TPSA) is 9.23 Å². The van der Waals surface area contributed by atoms with Crippen LogP contribution in [0.4, 0.5) is 0 Å². The van der Waals surface area contributed by atoms with E-state index >= 15 is 0 Å². The maximum atomic E-state index is 5.49. The molecule has 0 heterocycles. The SMILES string of the molecule is C[O][Ge][CH]1C2CC3CC(C2)CC1C3. The van der Waals surface area contributed by atoms with Gasteiger partial charge in [0.25, 0.3) is 0 Å². The first kappa shape index (κ1) is 8.78. The van der Waals surface area contributed by atoms with E-state index in [0.717, 1.165) is 28.4 Å². The van der Waals surface area contributed by atoms with Crippen LogP contribution in [-0.4, -0.2) is 22.9 Å². The van der Waals surface area contributed by atoms with E-state index in [-0.39, 0.29) is 15.8 Å². The van der Waals surface area contributed by atoms with Crippen molar-refractivity contribution in [2.45, 2.75) is 36.9 Å². The second-order valence-electron chi connectivity index (χ2n) is 5.28. The fourth-order valence-electron chi connectivity index (χ4n) is 4.25. The Labute approximate surface area is 87.4 Å². The van der Waals surface area contributed by atoms with Gasteiger partial charge in [-0.1, -0.05) is 0 Å². The second kappa shape index (κ2) is 3.27. The van der Waals surface area contributed by atoms with Crippen molar-refractivity contribution >= 4 is 15.8 Å². The quantitative estimate of drug-likeness (QED) is 0.672. The molecule has 2 radical (unpaired) electrons. The van der Waals surface area contributed by atoms with Crippen molar-refractivity contribution in [3.8, 4) is 0 Å². The fraction of sp³-hybridized carbons (Fsp3) is 1.00. The molecule has 0 aliphatic heterocycles. The summed E-state index contributed by atoms with van der Waals surface area (Å²) in [6.07, 6.45) is 7.82. The van der Waals surface area contributed by atoms with Crippen LogP contribution in [0.25, 0.3) is 0 Å². The van der Waals surface area contributed by atoms with Gasteiger partial charge in [-0.15, -0.1) is 0 Å². The van der Waals surface area contributed by atoms with Crippen LogP contribution in [0.1, 0.15) is 32.1 Å². The molecule has 4 aliphatic rings. The Morgan fingerprint density at radius 1 is 0.923 bits per heavy atom. The number of hydrogen-bond acceptors (Lipinski definition) is 1. The van der Waals surface area contributed by atoms with Gasteiger partial charge < -0.3 is 0 Å². The van der Waals surface area contributed by atoms with Gasteiger partial charge in [-0.25, -0.2) is 0 Å². The van der Waals surface area contributed by atoms with Crippen molar-refractivity contribution in [1.82, 2.24) is 0 Å². The van der Waals surface area contributed by atoms with E-state index in [1.807, 2.05) is 7.11 Å². The fourth-order valence-corrected chi connectivity index (χ4v) is 6.77. The van der Waals surface area contributed by atoms with Gasteiger partial charge in [-0.2, -0.15) is 0 Å². The predicted molar refractivity (Wildman–Crippen MR) is 53.6 cm³/mol. The van der Waals surface area contributed by atoms with E-state index in [1.165, 1.54) is 0 Å². The van der Waals surface area contributed by atoms with Gasteiger partial charge in [0.05, 0.1) is 0 Å². The molecule has 0 unspecified atom stereocenters. The van der Waals surface area contributed by atoms with Crippen LogP contribution >= 0.6 is 0 Å². The monoisotopic (exact) mass is 240 g/mol. The zero-order chi connectivity index (χ0) is 8.84. The third-order valence-corrected chi connectivity index (χ3v) is 7.52. The van der Waals surface area contributed by atoms with E-state index in [0.29, 0.717) is 0 Å². The summed E-state index contributed by atoms with van der Waals surface area (Å²) in [6.45, 7) is 0. The van der Waals surface area contributed by atoms with Crippen molar-refractivity contribution in [3.63, 3.8) is 0 Å². The molecule has 0 spiro atoms. The summed E-state index contributed by atoms with van der Waals surface area (Å²) in [7, 11) is 1.92. The minimum atomic E-state index is -0.0591. The zero-order valence-corrected chi connectivity index (χ0v) is 10.4. The Hall–Kier alpha value is 0.503. The molecule has 72 valence electrons. The third kappa shape index (κ3) is 1.39. The summed E-state index contributed by atoms with van der Waals surface area (Å²) in [4.78, 5) is 0. The third-order valence-electron chi connectivity index (χ3n) is 4.48. The average Bonchev–Trinajstić information content (AvgIpc) is 2.10. The zero-order valence-electron chi connectivity index (χ0n) is 8.33. The van der Waals surface area contributed by atoms with Crippen LogP contribution in [0.5, 0.6) is 0 Å². The molecule has 4 saturated carbocycles. The van der Waals surface area contributed by atoms with Gasteiger partial charge in [0, 0.05) is 0 Å². The molecule has 2 heteroatoms. The van der Waals surface area contributed by atoms with Gasteiger partial charge in [0.2, 0.25) is 0 Å². The Morgan fingerprint density at radius 2 is 1.46 bits per heavy atom. The van der Waals surface area contributed by atoms with Gasteiger partial charge in [0.15, 0.2) is 0 Å². The van der Waals surface area contributed by atoms with Crippen LogP contribution < -0.4 is 0 Å². The first-order chi connectivity index (χ1) is 6.36. The molecule has 4 fully saturated rings. The average molecular weight is 239 g/mol. The molecule has 0 aromatic rings. The maximum absolute atomic E-state index is 5.49. The summed E-state index contributed by atoms with van der Waals surface area (Å²) in [5, 5.41) is 0. The van der Waals surface area contributed by atoms with Crippen LogP contribution in [0.2, 0.25) is 4.75 Å². The molecule has 4 aliphatic carbocycles. The molecular formula is C11H18GeO. The molecule has 0 amide bonds. The molecule has 13 heavy (non-hydrogen) atoms. The Balaban J connectivity index is 1.77. The molecule has 4 rings (SSSR count). The van der Waals surface area contributed by atoms with E-state index in [9.17, 15) is 0 Å². The van der Waals surface area contributed by atoms with Crippen molar-refractivity contribution in [2.75, 3.05) is 7.11 Å². The van der Waals surface area contributed by atoms with Gasteiger partial charge in [-0.3, -0.25) is 0 Å². The summed E-state index contributed by atoms with van der Waals surface area (Å²) in [5.74, 6) is 4.44. The molecule has 0 aromatic carbocycles. The van der Waals surface area contributed by atoms with Gasteiger partial charge in [0.1, 0.15) is 0 Å². The normalized spacial score (nSPS) is 52.8. The van der Waals surface area contributed by atoms with Crippen LogP contribution in [0, 0.1) is 23.7 Å². The minimum absolute atomic E-state index is 0.0591. The summed E-state index contributed by atoms with van der Waals surface area (Å²) in [6, 6.07) is 0. The number of rotatable bonds is 2. The summed E-state index contributed by atoms with van der Waals surface area (Å²) < 4.78 is 6.55. The van der Waals surface area contributed by atoms with E-state index in [4.69, 9.17) is 3.76 Å². The molecule has 4 bridgehead atoms. The Morgan fingerprint density at radius 3 is 1.92 bits per heavy atom. The van der Waals surface area contributed by atoms with Crippen molar-refractivity contribution in [2.24, 2.45) is 23.7 Å². The first-order valence-corrected chi connectivity index (χ1v) is 7.72. The Bertz CT molecular complexity index is 176. The standard InChI is InChI=1S/C11H18GeO/c1-13-12-11-9-3-7-2-8(5-9)6-10(11)4-7/h7-11H,2-6H2,1H3. The summed E-state index contributed by atoms with van der Waals surface area (Å²) in [5.41, 5.74) is 0. The van der Waals surface area contributed by atoms with Crippen LogP contribution in [0.3, 0.4) is 0 Å². The number of hydrogen-bond donors (Lipinski definition) is 0. The van der Waals surface area contributed by atoms with Gasteiger partial charge >= 0.3 is 87.2 Å². The van der Waals surface area contributed by atoms with Crippen LogP contribution in [-0.2, 0) is 3.76 Å². The van der Waals surface area contributed by atoms with E-state index < -0.39 is 0 Å². The molecule has 0 atom stereocenters. The summed E-state index contributed by atoms with van der Waals surface area (Å²) >= 11 is -0.0591. The molecule has 0 saturated heterocycles. The predicted octanol–water partition coefficient (Wildman–Crippen LogP) is 2.50. The molecule has 0 N–H and O–H groups in total. The van der Waals surface area contributed by atoms with Gasteiger partial charge in [-0.05, 0) is 0 Å². The van der Waals surface area contributed by atoms with Crippen molar-refractivity contribution in [1.29, 1.82) is 0 Å². The first-order valence-electron chi connectivity index (χ1n) is 5.65.